The van der Waals surface area contributed by atoms with E-state index in [1.54, 1.807) is 0 Å². The smallest absolute Gasteiger partial charge is 0.169 e. The number of hydrogen-bond acceptors (Lipinski definition) is 5. The lowest BCUT2D eigenvalue weighted by Gasteiger charge is -2.39. The Balaban J connectivity index is 2.38. The molecule has 1 saturated heterocycles. The first-order valence-electron chi connectivity index (χ1n) is 7.89. The zero-order valence-corrected chi connectivity index (χ0v) is 13.6. The minimum Gasteiger partial charge on any atom is -0.351 e. The maximum absolute atomic E-state index is 9.60. The molecule has 1 aromatic heterocycles. The molecule has 1 aromatic rings. The van der Waals surface area contributed by atoms with Crippen LogP contribution in [0.5, 0.6) is 0 Å². The second kappa shape index (κ2) is 6.86. The van der Waals surface area contributed by atoms with Crippen LogP contribution in [0.15, 0.2) is 0 Å². The number of nitrogens with zero attached hydrogens (tertiary/aromatic N) is 5. The van der Waals surface area contributed by atoms with Gasteiger partial charge in [-0.1, -0.05) is 20.8 Å². The van der Waals surface area contributed by atoms with E-state index in [1.165, 1.54) is 0 Å². The number of aryl methyl sites for hydroxylation is 1. The molecule has 0 bridgehead atoms. The Morgan fingerprint density at radius 1 is 1.19 bits per heavy atom. The van der Waals surface area contributed by atoms with Crippen LogP contribution in [0.3, 0.4) is 0 Å². The topological polar surface area (TPSA) is 56.1 Å². The molecule has 0 spiro atoms. The number of hydrogen-bond donors (Lipinski definition) is 0. The molecule has 1 aliphatic rings. The van der Waals surface area contributed by atoms with Gasteiger partial charge in [-0.2, -0.15) is 10.4 Å². The van der Waals surface area contributed by atoms with Crippen LogP contribution in [-0.2, 0) is 12.8 Å². The van der Waals surface area contributed by atoms with Crippen LogP contribution in [0.4, 0.5) is 5.82 Å². The number of anilines is 1. The summed E-state index contributed by atoms with van der Waals surface area (Å²) in [5.41, 5.74) is 2.75. The number of aromatic nitrogens is 2. The highest BCUT2D eigenvalue weighted by atomic mass is 15.3. The van der Waals surface area contributed by atoms with Crippen molar-refractivity contribution in [1.29, 1.82) is 5.26 Å². The summed E-state index contributed by atoms with van der Waals surface area (Å²) < 4.78 is 0. The van der Waals surface area contributed by atoms with Crippen LogP contribution in [0.25, 0.3) is 0 Å². The van der Waals surface area contributed by atoms with E-state index in [2.05, 4.69) is 53.9 Å². The van der Waals surface area contributed by atoms with Crippen LogP contribution < -0.4 is 4.90 Å². The molecular weight excluding hydrogens is 262 g/mol. The first kappa shape index (κ1) is 15.7. The van der Waals surface area contributed by atoms with E-state index in [0.29, 0.717) is 6.04 Å². The average molecular weight is 287 g/mol. The van der Waals surface area contributed by atoms with Gasteiger partial charge in [0.1, 0.15) is 11.6 Å². The van der Waals surface area contributed by atoms with Crippen molar-refractivity contribution in [2.75, 3.05) is 31.6 Å². The Labute approximate surface area is 127 Å². The molecule has 0 radical (unpaired) electrons. The third kappa shape index (κ3) is 3.01. The molecule has 1 aliphatic heterocycles. The lowest BCUT2D eigenvalue weighted by molar-refractivity contribution is 0.212. The Bertz CT molecular complexity index is 534. The summed E-state index contributed by atoms with van der Waals surface area (Å²) in [7, 11) is 2.17. The zero-order chi connectivity index (χ0) is 15.4. The SMILES string of the molecule is CCc1nnc(N2CCN(C)C(CC)C2)c(C#N)c1CC. The van der Waals surface area contributed by atoms with Crippen molar-refractivity contribution in [2.24, 2.45) is 0 Å². The van der Waals surface area contributed by atoms with Crippen molar-refractivity contribution < 1.29 is 0 Å². The van der Waals surface area contributed by atoms with E-state index in [0.717, 1.165) is 61.5 Å². The monoisotopic (exact) mass is 287 g/mol. The van der Waals surface area contributed by atoms with Gasteiger partial charge in [-0.25, -0.2) is 0 Å². The van der Waals surface area contributed by atoms with Gasteiger partial charge in [0, 0.05) is 25.7 Å². The fraction of sp³-hybridized carbons (Fsp3) is 0.688. The molecule has 1 atom stereocenters. The van der Waals surface area contributed by atoms with Crippen LogP contribution in [-0.4, -0.2) is 47.8 Å². The fourth-order valence-electron chi connectivity index (χ4n) is 3.08. The molecule has 5 heteroatoms. The summed E-state index contributed by atoms with van der Waals surface area (Å²) >= 11 is 0. The van der Waals surface area contributed by atoms with Crippen molar-refractivity contribution in [1.82, 2.24) is 15.1 Å². The Morgan fingerprint density at radius 3 is 2.52 bits per heavy atom. The standard InChI is InChI=1S/C16H25N5/c1-5-12-11-21(9-8-20(12)4)16-14(10-17)13(6-2)15(7-3)18-19-16/h12H,5-9,11H2,1-4H3. The van der Waals surface area contributed by atoms with Gasteiger partial charge in [0.15, 0.2) is 5.82 Å². The van der Waals surface area contributed by atoms with Crippen molar-refractivity contribution >= 4 is 5.82 Å². The van der Waals surface area contributed by atoms with Crippen molar-refractivity contribution in [2.45, 2.75) is 46.1 Å². The number of nitriles is 1. The predicted octanol–water partition coefficient (Wildman–Crippen LogP) is 2.00. The van der Waals surface area contributed by atoms with Gasteiger partial charge in [0.2, 0.25) is 0 Å². The zero-order valence-electron chi connectivity index (χ0n) is 13.6. The van der Waals surface area contributed by atoms with Crippen LogP contribution in [0.2, 0.25) is 0 Å². The molecule has 0 saturated carbocycles. The maximum Gasteiger partial charge on any atom is 0.169 e. The first-order chi connectivity index (χ1) is 10.2. The molecule has 1 unspecified atom stereocenters. The number of likely N-dealkylation sites (N-methyl/N-ethyl adjacent to an activating group) is 1. The van der Waals surface area contributed by atoms with Gasteiger partial charge < -0.3 is 4.90 Å². The first-order valence-corrected chi connectivity index (χ1v) is 7.89. The van der Waals surface area contributed by atoms with Crippen molar-refractivity contribution in [3.05, 3.63) is 16.8 Å². The summed E-state index contributed by atoms with van der Waals surface area (Å²) in [4.78, 5) is 4.62. The normalized spacial score (nSPS) is 19.6. The third-order valence-corrected chi connectivity index (χ3v) is 4.49. The van der Waals surface area contributed by atoms with Gasteiger partial charge in [-0.3, -0.25) is 4.90 Å². The summed E-state index contributed by atoms with van der Waals surface area (Å²) in [5.74, 6) is 0.776. The third-order valence-electron chi connectivity index (χ3n) is 4.49. The van der Waals surface area contributed by atoms with E-state index >= 15 is 0 Å². The minimum absolute atomic E-state index is 0.517. The molecule has 5 nitrogen and oxygen atoms in total. The minimum atomic E-state index is 0.517. The molecule has 0 N–H and O–H groups in total. The molecule has 21 heavy (non-hydrogen) atoms. The van der Waals surface area contributed by atoms with E-state index in [9.17, 15) is 5.26 Å². The molecule has 1 fully saturated rings. The van der Waals surface area contributed by atoms with Crippen LogP contribution in [0.1, 0.15) is 44.0 Å². The Kier molecular flexibility index (Phi) is 5.13. The van der Waals surface area contributed by atoms with E-state index < -0.39 is 0 Å². The second-order valence-corrected chi connectivity index (χ2v) is 5.63. The van der Waals surface area contributed by atoms with E-state index in [-0.39, 0.29) is 0 Å². The lowest BCUT2D eigenvalue weighted by atomic mass is 10.0. The summed E-state index contributed by atoms with van der Waals surface area (Å²) in [6.45, 7) is 9.18. The Morgan fingerprint density at radius 2 is 1.95 bits per heavy atom. The highest BCUT2D eigenvalue weighted by molar-refractivity contribution is 5.58. The largest absolute Gasteiger partial charge is 0.351 e. The molecule has 0 aliphatic carbocycles. The van der Waals surface area contributed by atoms with Gasteiger partial charge in [-0.05, 0) is 31.9 Å². The lowest BCUT2D eigenvalue weighted by Crippen LogP contribution is -2.51. The summed E-state index contributed by atoms with van der Waals surface area (Å²) in [5, 5.41) is 18.3. The van der Waals surface area contributed by atoms with Gasteiger partial charge in [0.05, 0.1) is 5.69 Å². The molecule has 2 heterocycles. The molecular formula is C16H25N5. The molecule has 0 amide bonds. The van der Waals surface area contributed by atoms with E-state index in [1.807, 2.05) is 0 Å². The molecule has 0 aromatic carbocycles. The van der Waals surface area contributed by atoms with Gasteiger partial charge in [-0.15, -0.1) is 5.10 Å². The Hall–Kier alpha value is -1.67. The van der Waals surface area contributed by atoms with Gasteiger partial charge >= 0.3 is 0 Å². The predicted molar refractivity (Wildman–Crippen MR) is 84.4 cm³/mol. The number of rotatable bonds is 4. The highest BCUT2D eigenvalue weighted by Crippen LogP contribution is 2.25. The quantitative estimate of drug-likeness (QED) is 0.848. The summed E-state index contributed by atoms with van der Waals surface area (Å²) in [6.07, 6.45) is 2.76. The van der Waals surface area contributed by atoms with Crippen LogP contribution in [0, 0.1) is 11.3 Å². The molecule has 114 valence electrons. The van der Waals surface area contributed by atoms with Crippen molar-refractivity contribution in [3.63, 3.8) is 0 Å². The summed E-state index contributed by atoms with van der Waals surface area (Å²) in [6, 6.07) is 2.89. The van der Waals surface area contributed by atoms with E-state index in [4.69, 9.17) is 0 Å². The number of piperazine rings is 1. The fourth-order valence-corrected chi connectivity index (χ4v) is 3.08. The highest BCUT2D eigenvalue weighted by Gasteiger charge is 2.27. The maximum atomic E-state index is 9.60. The van der Waals surface area contributed by atoms with Crippen LogP contribution >= 0.6 is 0 Å². The second-order valence-electron chi connectivity index (χ2n) is 5.63. The van der Waals surface area contributed by atoms with Crippen molar-refractivity contribution in [3.8, 4) is 6.07 Å². The van der Waals surface area contributed by atoms with Gasteiger partial charge in [0.25, 0.3) is 0 Å². The molecule has 2 rings (SSSR count). The average Bonchev–Trinajstić information content (AvgIpc) is 2.53.